The van der Waals surface area contributed by atoms with Crippen LogP contribution in [0.25, 0.3) is 11.1 Å². The zero-order chi connectivity index (χ0) is 26.0. The third-order valence-electron chi connectivity index (χ3n) is 6.99. The lowest BCUT2D eigenvalue weighted by molar-refractivity contribution is -0.0624. The lowest BCUT2D eigenvalue weighted by Crippen LogP contribution is -2.43. The molecule has 1 unspecified atom stereocenters. The van der Waals surface area contributed by atoms with E-state index in [0.29, 0.717) is 26.3 Å². The highest BCUT2D eigenvalue weighted by Crippen LogP contribution is 2.37. The van der Waals surface area contributed by atoms with E-state index in [-0.39, 0.29) is 17.7 Å². The molecule has 198 valence electrons. The van der Waals surface area contributed by atoms with Gasteiger partial charge in [0.25, 0.3) is 0 Å². The molecule has 0 saturated carbocycles. The number of rotatable bonds is 12. The number of urea groups is 1. The number of amides is 2. The van der Waals surface area contributed by atoms with E-state index in [1.807, 2.05) is 19.1 Å². The molecule has 0 aromatic heterocycles. The second-order valence-corrected chi connectivity index (χ2v) is 10.1. The number of carbonyl (C=O) groups excluding carboxylic acids is 1. The lowest BCUT2D eigenvalue weighted by atomic mass is 9.79. The van der Waals surface area contributed by atoms with Gasteiger partial charge in [-0.3, -0.25) is 4.90 Å². The highest BCUT2D eigenvalue weighted by molar-refractivity contribution is 5.74. The maximum atomic E-state index is 11.7. The summed E-state index contributed by atoms with van der Waals surface area (Å²) >= 11 is 0. The van der Waals surface area contributed by atoms with Crippen LogP contribution in [0.15, 0.2) is 42.5 Å². The molecule has 1 aliphatic rings. The molecule has 3 rings (SSSR count). The summed E-state index contributed by atoms with van der Waals surface area (Å²) in [5.41, 5.74) is 4.36. The smallest absolute Gasteiger partial charge is 0.315 e. The van der Waals surface area contributed by atoms with Gasteiger partial charge in [-0.15, -0.1) is 0 Å². The molecule has 2 amide bonds. The Morgan fingerprint density at radius 3 is 2.64 bits per heavy atom. The predicted molar refractivity (Wildman–Crippen MR) is 144 cm³/mol. The fourth-order valence-electron chi connectivity index (χ4n) is 4.70. The van der Waals surface area contributed by atoms with Gasteiger partial charge in [-0.1, -0.05) is 50.6 Å². The van der Waals surface area contributed by atoms with E-state index in [1.165, 1.54) is 5.56 Å². The second-order valence-electron chi connectivity index (χ2n) is 10.1. The van der Waals surface area contributed by atoms with Crippen molar-refractivity contribution in [2.24, 2.45) is 0 Å². The fraction of sp³-hybridized carbons (Fsp3) is 0.552. The third kappa shape index (κ3) is 7.95. The van der Waals surface area contributed by atoms with E-state index in [2.05, 4.69) is 59.7 Å². The number of morpholine rings is 1. The van der Waals surface area contributed by atoms with Gasteiger partial charge in [0.2, 0.25) is 0 Å². The van der Waals surface area contributed by atoms with E-state index < -0.39 is 0 Å². The van der Waals surface area contributed by atoms with Crippen LogP contribution in [0.1, 0.15) is 57.6 Å². The average molecular weight is 498 g/mol. The number of carbonyl (C=O) groups is 1. The summed E-state index contributed by atoms with van der Waals surface area (Å²) < 4.78 is 11.2. The molecule has 3 N–H and O–H groups in total. The van der Waals surface area contributed by atoms with Crippen LogP contribution >= 0.6 is 0 Å². The molecule has 1 heterocycles. The summed E-state index contributed by atoms with van der Waals surface area (Å²) in [6.07, 6.45) is 3.51. The van der Waals surface area contributed by atoms with E-state index in [1.54, 1.807) is 7.11 Å². The molecule has 1 atom stereocenters. The number of nitrogens with zero attached hydrogens (tertiary/aromatic N) is 1. The van der Waals surface area contributed by atoms with Gasteiger partial charge in [-0.2, -0.15) is 0 Å². The third-order valence-corrected chi connectivity index (χ3v) is 6.99. The molecule has 2 aromatic rings. The van der Waals surface area contributed by atoms with Crippen LogP contribution < -0.4 is 15.4 Å². The van der Waals surface area contributed by atoms with Gasteiger partial charge in [0.1, 0.15) is 12.0 Å². The van der Waals surface area contributed by atoms with E-state index in [9.17, 15) is 9.90 Å². The van der Waals surface area contributed by atoms with E-state index >= 15 is 0 Å². The normalized spacial score (nSPS) is 15.4. The van der Waals surface area contributed by atoms with Crippen molar-refractivity contribution in [3.8, 4) is 16.9 Å². The standard InChI is InChI=1S/C29H43N3O4/c1-5-30-28(34)31-21-22-9-8-10-23(19-22)25-13-12-24(20-26(25)35-4)29(2,3)14-7-6-11-27(33)32-15-17-36-18-16-32/h8-10,12-13,19-20,27,33H,5-7,11,14-18,21H2,1-4H3,(H2,30,31,34). The van der Waals surface area contributed by atoms with Crippen molar-refractivity contribution in [2.45, 2.75) is 64.6 Å². The summed E-state index contributed by atoms with van der Waals surface area (Å²) in [7, 11) is 1.71. The molecule has 1 saturated heterocycles. The minimum atomic E-state index is -0.372. The van der Waals surface area contributed by atoms with Crippen LogP contribution in [0.3, 0.4) is 0 Å². The maximum absolute atomic E-state index is 11.7. The molecule has 1 fully saturated rings. The summed E-state index contributed by atoms with van der Waals surface area (Å²) in [4.78, 5) is 13.9. The number of benzene rings is 2. The van der Waals surface area contributed by atoms with E-state index in [0.717, 1.165) is 61.2 Å². The topological polar surface area (TPSA) is 83.1 Å². The number of hydrogen-bond donors (Lipinski definition) is 3. The molecule has 0 bridgehead atoms. The fourth-order valence-corrected chi connectivity index (χ4v) is 4.70. The zero-order valence-corrected chi connectivity index (χ0v) is 22.3. The van der Waals surface area contributed by atoms with Gasteiger partial charge in [-0.05, 0) is 60.4 Å². The van der Waals surface area contributed by atoms with Crippen LogP contribution in [0.4, 0.5) is 4.79 Å². The molecule has 7 nitrogen and oxygen atoms in total. The Balaban J connectivity index is 1.61. The first kappa shape index (κ1) is 28.0. The number of aliphatic hydroxyl groups is 1. The minimum absolute atomic E-state index is 0.00582. The number of ether oxygens (including phenoxy) is 2. The Morgan fingerprint density at radius 1 is 1.14 bits per heavy atom. The van der Waals surface area contributed by atoms with Crippen molar-refractivity contribution in [1.29, 1.82) is 0 Å². The Hall–Kier alpha value is -2.61. The van der Waals surface area contributed by atoms with Gasteiger partial charge >= 0.3 is 6.03 Å². The van der Waals surface area contributed by atoms with Crippen molar-refractivity contribution in [2.75, 3.05) is 40.0 Å². The first-order chi connectivity index (χ1) is 17.3. The number of unbranched alkanes of at least 4 members (excludes halogenated alkanes) is 1. The highest BCUT2D eigenvalue weighted by Gasteiger charge is 2.23. The SMILES string of the molecule is CCNC(=O)NCc1cccc(-c2ccc(C(C)(C)CCCCC(O)N3CCOCC3)cc2OC)c1. The second kappa shape index (κ2) is 13.6. The number of hydrogen-bond acceptors (Lipinski definition) is 5. The van der Waals surface area contributed by atoms with Crippen molar-refractivity contribution < 1.29 is 19.4 Å². The molecule has 1 aliphatic heterocycles. The van der Waals surface area contributed by atoms with Gasteiger partial charge in [0, 0.05) is 31.7 Å². The van der Waals surface area contributed by atoms with Crippen LogP contribution in [0.2, 0.25) is 0 Å². The van der Waals surface area contributed by atoms with Crippen molar-refractivity contribution >= 4 is 6.03 Å². The number of nitrogens with one attached hydrogen (secondary N) is 2. The highest BCUT2D eigenvalue weighted by atomic mass is 16.5. The lowest BCUT2D eigenvalue weighted by Gasteiger charge is -2.31. The summed E-state index contributed by atoms with van der Waals surface area (Å²) in [5, 5.41) is 16.1. The number of methoxy groups -OCH3 is 1. The Bertz CT molecular complexity index is 973. The van der Waals surface area contributed by atoms with Crippen LogP contribution in [0.5, 0.6) is 5.75 Å². The Kier molecular flexibility index (Phi) is 10.6. The molecule has 0 spiro atoms. The summed E-state index contributed by atoms with van der Waals surface area (Å²) in [5.74, 6) is 0.845. The largest absolute Gasteiger partial charge is 0.496 e. The molecular weight excluding hydrogens is 454 g/mol. The van der Waals surface area contributed by atoms with Crippen molar-refractivity contribution in [3.63, 3.8) is 0 Å². The summed E-state index contributed by atoms with van der Waals surface area (Å²) in [6.45, 7) is 10.5. The molecule has 0 radical (unpaired) electrons. The zero-order valence-electron chi connectivity index (χ0n) is 22.3. The minimum Gasteiger partial charge on any atom is -0.496 e. The Labute approximate surface area is 216 Å². The van der Waals surface area contributed by atoms with Crippen molar-refractivity contribution in [1.82, 2.24) is 15.5 Å². The molecule has 2 aromatic carbocycles. The van der Waals surface area contributed by atoms with Gasteiger partial charge in [-0.25, -0.2) is 4.79 Å². The first-order valence-corrected chi connectivity index (χ1v) is 13.1. The van der Waals surface area contributed by atoms with Gasteiger partial charge in [0.05, 0.1) is 20.3 Å². The van der Waals surface area contributed by atoms with Crippen LogP contribution in [0, 0.1) is 0 Å². The van der Waals surface area contributed by atoms with E-state index in [4.69, 9.17) is 9.47 Å². The predicted octanol–water partition coefficient (Wildman–Crippen LogP) is 4.67. The molecule has 7 heteroatoms. The van der Waals surface area contributed by atoms with Crippen LogP contribution in [-0.4, -0.2) is 62.2 Å². The first-order valence-electron chi connectivity index (χ1n) is 13.1. The quantitative estimate of drug-likeness (QED) is 0.371. The molecular formula is C29H43N3O4. The van der Waals surface area contributed by atoms with Crippen molar-refractivity contribution in [3.05, 3.63) is 53.6 Å². The summed E-state index contributed by atoms with van der Waals surface area (Å²) in [6, 6.07) is 14.5. The van der Waals surface area contributed by atoms with Crippen LogP contribution in [-0.2, 0) is 16.7 Å². The molecule has 0 aliphatic carbocycles. The monoisotopic (exact) mass is 497 g/mol. The molecule has 36 heavy (non-hydrogen) atoms. The number of aliphatic hydroxyl groups excluding tert-OH is 1. The van der Waals surface area contributed by atoms with Gasteiger partial charge in [0.15, 0.2) is 0 Å². The Morgan fingerprint density at radius 2 is 1.92 bits per heavy atom. The van der Waals surface area contributed by atoms with Gasteiger partial charge < -0.3 is 25.2 Å². The average Bonchev–Trinajstić information content (AvgIpc) is 2.90. The maximum Gasteiger partial charge on any atom is 0.315 e.